The number of aryl methyl sites for hydroxylation is 1. The first kappa shape index (κ1) is 26.7. The number of piperidine rings is 1. The molecule has 0 unspecified atom stereocenters. The molecule has 0 aromatic heterocycles. The predicted molar refractivity (Wildman–Crippen MR) is 156 cm³/mol. The lowest BCUT2D eigenvalue weighted by Gasteiger charge is -2.30. The lowest BCUT2D eigenvalue weighted by atomic mass is 9.99. The first-order valence-electron chi connectivity index (χ1n) is 13.9. The number of rotatable bonds is 8. The van der Waals surface area contributed by atoms with E-state index in [0.29, 0.717) is 24.4 Å². The predicted octanol–water partition coefficient (Wildman–Crippen LogP) is 5.81. The second kappa shape index (κ2) is 12.3. The zero-order valence-corrected chi connectivity index (χ0v) is 22.9. The van der Waals surface area contributed by atoms with Crippen molar-refractivity contribution in [2.24, 2.45) is 5.92 Å². The van der Waals surface area contributed by atoms with Gasteiger partial charge >= 0.3 is 0 Å². The zero-order chi connectivity index (χ0) is 27.2. The molecule has 1 saturated heterocycles. The van der Waals surface area contributed by atoms with Crippen LogP contribution in [0.5, 0.6) is 5.75 Å². The first-order valence-corrected chi connectivity index (χ1v) is 13.9. The molecule has 2 amide bonds. The van der Waals surface area contributed by atoms with Crippen LogP contribution in [-0.2, 0) is 11.3 Å². The van der Waals surface area contributed by atoms with Crippen LogP contribution in [0, 0.1) is 12.8 Å². The fraction of sp³-hybridized carbons (Fsp3) is 0.333. The van der Waals surface area contributed by atoms with E-state index in [1.807, 2.05) is 55.5 Å². The minimum Gasteiger partial charge on any atom is -0.449 e. The van der Waals surface area contributed by atoms with Crippen LogP contribution in [0.15, 0.2) is 78.6 Å². The van der Waals surface area contributed by atoms with Crippen molar-refractivity contribution in [1.82, 2.24) is 10.2 Å². The van der Waals surface area contributed by atoms with Crippen molar-refractivity contribution in [2.75, 3.05) is 31.1 Å². The summed E-state index contributed by atoms with van der Waals surface area (Å²) in [7, 11) is 0. The van der Waals surface area contributed by atoms with Gasteiger partial charge in [-0.25, -0.2) is 0 Å². The van der Waals surface area contributed by atoms with Crippen LogP contribution in [0.2, 0.25) is 0 Å². The highest BCUT2D eigenvalue weighted by molar-refractivity contribution is 6.09. The van der Waals surface area contributed by atoms with Crippen LogP contribution in [0.1, 0.15) is 53.2 Å². The van der Waals surface area contributed by atoms with E-state index in [9.17, 15) is 9.59 Å². The smallest absolute Gasteiger partial charge is 0.294 e. The van der Waals surface area contributed by atoms with E-state index in [1.54, 1.807) is 23.1 Å². The Kier molecular flexibility index (Phi) is 8.42. The van der Waals surface area contributed by atoms with Gasteiger partial charge in [-0.3, -0.25) is 14.5 Å². The maximum absolute atomic E-state index is 13.5. The van der Waals surface area contributed by atoms with Crippen molar-refractivity contribution in [1.29, 1.82) is 0 Å². The molecule has 2 aliphatic heterocycles. The largest absolute Gasteiger partial charge is 0.449 e. The van der Waals surface area contributed by atoms with E-state index in [0.717, 1.165) is 48.8 Å². The average Bonchev–Trinajstić information content (AvgIpc) is 2.95. The number of ether oxygens (including phenoxy) is 1. The van der Waals surface area contributed by atoms with Gasteiger partial charge in [0, 0.05) is 12.1 Å². The van der Waals surface area contributed by atoms with Gasteiger partial charge in [0.05, 0.1) is 12.2 Å². The maximum atomic E-state index is 13.5. The van der Waals surface area contributed by atoms with Gasteiger partial charge in [-0.05, 0) is 93.2 Å². The van der Waals surface area contributed by atoms with E-state index in [2.05, 4.69) is 29.3 Å². The highest BCUT2D eigenvalue weighted by atomic mass is 16.5. The summed E-state index contributed by atoms with van der Waals surface area (Å²) in [5, 5.41) is 3.03. The highest BCUT2D eigenvalue weighted by Crippen LogP contribution is 2.36. The number of hydrogen-bond acceptors (Lipinski definition) is 4. The number of likely N-dealkylation sites (tertiary alicyclic amines) is 1. The molecule has 3 aromatic rings. The SMILES string of the molecule is Cc1ccc(CN2C(=O)C(=Cc3ccc(C(=O)NCCCN4CCC(C)CC4)cc3)Oc3ccccc32)cc1. The number of nitrogens with zero attached hydrogens (tertiary/aromatic N) is 2. The zero-order valence-electron chi connectivity index (χ0n) is 22.9. The van der Waals surface area contributed by atoms with Gasteiger partial charge < -0.3 is 15.0 Å². The van der Waals surface area contributed by atoms with Gasteiger partial charge in [-0.2, -0.15) is 0 Å². The number of fused-ring (bicyclic) bond motifs is 1. The molecule has 6 heteroatoms. The molecule has 6 nitrogen and oxygen atoms in total. The van der Waals surface area contributed by atoms with Gasteiger partial charge in [0.15, 0.2) is 11.5 Å². The summed E-state index contributed by atoms with van der Waals surface area (Å²) in [5.74, 6) is 1.45. The number of carbonyl (C=O) groups is 2. The molecule has 202 valence electrons. The molecular formula is C33H37N3O3. The summed E-state index contributed by atoms with van der Waals surface area (Å²) >= 11 is 0. The Labute approximate surface area is 231 Å². The molecule has 0 saturated carbocycles. The van der Waals surface area contributed by atoms with E-state index in [1.165, 1.54) is 18.4 Å². The third-order valence-electron chi connectivity index (χ3n) is 7.58. The fourth-order valence-electron chi connectivity index (χ4n) is 5.07. The van der Waals surface area contributed by atoms with Crippen LogP contribution in [-0.4, -0.2) is 42.9 Å². The van der Waals surface area contributed by atoms with Crippen LogP contribution in [0.25, 0.3) is 6.08 Å². The number of amides is 2. The topological polar surface area (TPSA) is 61.9 Å². The van der Waals surface area contributed by atoms with E-state index in [-0.39, 0.29) is 17.6 Å². The summed E-state index contributed by atoms with van der Waals surface area (Å²) in [5.41, 5.74) is 4.38. The Morgan fingerprint density at radius 3 is 2.46 bits per heavy atom. The van der Waals surface area contributed by atoms with Crippen LogP contribution in [0.3, 0.4) is 0 Å². The number of benzene rings is 3. The van der Waals surface area contributed by atoms with E-state index in [4.69, 9.17) is 4.74 Å². The second-order valence-electron chi connectivity index (χ2n) is 10.7. The summed E-state index contributed by atoms with van der Waals surface area (Å²) in [6, 6.07) is 23.0. The van der Waals surface area contributed by atoms with E-state index < -0.39 is 0 Å². The normalized spacial score (nSPS) is 17.1. The number of hydrogen-bond donors (Lipinski definition) is 1. The van der Waals surface area contributed by atoms with Crippen molar-refractivity contribution in [3.63, 3.8) is 0 Å². The summed E-state index contributed by atoms with van der Waals surface area (Å²) in [6.07, 6.45) is 5.22. The molecule has 0 atom stereocenters. The molecular weight excluding hydrogens is 486 g/mol. The Morgan fingerprint density at radius 1 is 1.00 bits per heavy atom. The average molecular weight is 524 g/mol. The molecule has 39 heavy (non-hydrogen) atoms. The quantitative estimate of drug-likeness (QED) is 0.299. The van der Waals surface area contributed by atoms with Gasteiger partial charge in [-0.1, -0.05) is 61.0 Å². The van der Waals surface area contributed by atoms with Crippen molar-refractivity contribution in [2.45, 2.75) is 39.7 Å². The monoisotopic (exact) mass is 523 g/mol. The first-order chi connectivity index (χ1) is 19.0. The Bertz CT molecular complexity index is 1320. The lowest BCUT2D eigenvalue weighted by molar-refractivity contribution is -0.117. The standard InChI is InChI=1S/C33H37N3O3/c1-24-8-10-27(11-9-24)23-36-29-6-3-4-7-30(29)39-31(33(36)38)22-26-12-14-28(15-13-26)32(37)34-18-5-19-35-20-16-25(2)17-21-35/h3-4,6-15,22,25H,5,16-21,23H2,1-2H3,(H,34,37). The molecule has 5 rings (SSSR count). The van der Waals surface area contributed by atoms with Crippen LogP contribution in [0.4, 0.5) is 5.69 Å². The molecule has 0 aliphatic carbocycles. The summed E-state index contributed by atoms with van der Waals surface area (Å²) in [4.78, 5) is 30.4. The van der Waals surface area contributed by atoms with E-state index >= 15 is 0 Å². The second-order valence-corrected chi connectivity index (χ2v) is 10.7. The Morgan fingerprint density at radius 2 is 1.72 bits per heavy atom. The molecule has 2 heterocycles. The minimum absolute atomic E-state index is 0.0790. The third-order valence-corrected chi connectivity index (χ3v) is 7.58. The molecule has 3 aromatic carbocycles. The number of nitrogens with one attached hydrogen (secondary N) is 1. The summed E-state index contributed by atoms with van der Waals surface area (Å²) < 4.78 is 6.02. The summed E-state index contributed by atoms with van der Waals surface area (Å²) in [6.45, 7) is 8.83. The number of carbonyl (C=O) groups excluding carboxylic acids is 2. The number of anilines is 1. The molecule has 1 N–H and O–H groups in total. The fourth-order valence-corrected chi connectivity index (χ4v) is 5.07. The highest BCUT2D eigenvalue weighted by Gasteiger charge is 2.30. The minimum atomic E-state index is -0.195. The molecule has 0 spiro atoms. The van der Waals surface area contributed by atoms with Crippen molar-refractivity contribution in [3.8, 4) is 5.75 Å². The molecule has 1 fully saturated rings. The van der Waals surface area contributed by atoms with Gasteiger partial charge in [0.1, 0.15) is 0 Å². The maximum Gasteiger partial charge on any atom is 0.294 e. The Hall–Kier alpha value is -3.90. The van der Waals surface area contributed by atoms with Crippen LogP contribution < -0.4 is 15.0 Å². The van der Waals surface area contributed by atoms with Gasteiger partial charge in [0.25, 0.3) is 11.8 Å². The van der Waals surface area contributed by atoms with Crippen molar-refractivity contribution in [3.05, 3.63) is 101 Å². The van der Waals surface area contributed by atoms with Gasteiger partial charge in [0.2, 0.25) is 0 Å². The molecule has 0 radical (unpaired) electrons. The number of para-hydroxylation sites is 2. The molecule has 2 aliphatic rings. The van der Waals surface area contributed by atoms with Crippen molar-refractivity contribution < 1.29 is 14.3 Å². The molecule has 0 bridgehead atoms. The van der Waals surface area contributed by atoms with Crippen molar-refractivity contribution >= 4 is 23.6 Å². The van der Waals surface area contributed by atoms with Crippen LogP contribution >= 0.6 is 0 Å². The Balaban J connectivity index is 1.21. The lowest BCUT2D eigenvalue weighted by Crippen LogP contribution is -2.36. The third kappa shape index (κ3) is 6.76. The van der Waals surface area contributed by atoms with Gasteiger partial charge in [-0.15, -0.1) is 0 Å².